The van der Waals surface area contributed by atoms with E-state index in [1.807, 2.05) is 24.3 Å². The fourth-order valence-corrected chi connectivity index (χ4v) is 5.97. The molecule has 0 radical (unpaired) electrons. The van der Waals surface area contributed by atoms with Crippen LogP contribution in [0, 0.1) is 0 Å². The lowest BCUT2D eigenvalue weighted by atomic mass is 10.0. The summed E-state index contributed by atoms with van der Waals surface area (Å²) in [4.78, 5) is 0. The van der Waals surface area contributed by atoms with Gasteiger partial charge in [0.25, 0.3) is 10.2 Å². The average molecular weight is 388 g/mol. The Kier molecular flexibility index (Phi) is 5.50. The second-order valence-corrected chi connectivity index (χ2v) is 10.5. The first-order valence-electron chi connectivity index (χ1n) is 8.64. The second kappa shape index (κ2) is 7.32. The van der Waals surface area contributed by atoms with Gasteiger partial charge in [0.1, 0.15) is 0 Å². The van der Waals surface area contributed by atoms with Gasteiger partial charge in [0.05, 0.1) is 5.75 Å². The van der Waals surface area contributed by atoms with Gasteiger partial charge in [-0.2, -0.15) is 17.4 Å². The van der Waals surface area contributed by atoms with Gasteiger partial charge >= 0.3 is 0 Å². The van der Waals surface area contributed by atoms with Crippen LogP contribution < -0.4 is 4.72 Å². The second-order valence-electron chi connectivity index (χ2n) is 6.55. The van der Waals surface area contributed by atoms with Crippen LogP contribution in [0.15, 0.2) is 24.3 Å². The van der Waals surface area contributed by atoms with E-state index in [1.54, 1.807) is 6.92 Å². The van der Waals surface area contributed by atoms with Gasteiger partial charge in [0, 0.05) is 32.2 Å². The number of hydrogen-bond acceptors (Lipinski definition) is 4. The van der Waals surface area contributed by atoms with E-state index in [9.17, 15) is 16.8 Å². The Morgan fingerprint density at radius 2 is 1.64 bits per heavy atom. The molecule has 0 unspecified atom stereocenters. The van der Waals surface area contributed by atoms with Crippen molar-refractivity contribution in [3.8, 4) is 0 Å². The number of fused-ring (bicyclic) bond motifs is 1. The molecule has 2 aliphatic rings. The molecule has 0 amide bonds. The van der Waals surface area contributed by atoms with Crippen LogP contribution in [0.1, 0.15) is 30.9 Å². The van der Waals surface area contributed by atoms with Crippen LogP contribution in [0.5, 0.6) is 0 Å². The Bertz CT molecular complexity index is 816. The van der Waals surface area contributed by atoms with Crippen LogP contribution >= 0.6 is 0 Å². The third-order valence-corrected chi connectivity index (χ3v) is 8.47. The molecule has 0 aromatic heterocycles. The van der Waals surface area contributed by atoms with E-state index in [4.69, 9.17) is 0 Å². The van der Waals surface area contributed by atoms with E-state index in [1.165, 1.54) is 14.2 Å². The predicted octanol–water partition coefficient (Wildman–Crippen LogP) is 0.693. The highest BCUT2D eigenvalue weighted by molar-refractivity contribution is 7.89. The topological polar surface area (TPSA) is 86.8 Å². The van der Waals surface area contributed by atoms with E-state index in [0.29, 0.717) is 45.4 Å². The lowest BCUT2D eigenvalue weighted by Crippen LogP contribution is -2.51. The molecule has 2 aliphatic heterocycles. The zero-order valence-corrected chi connectivity index (χ0v) is 16.0. The molecular weight excluding hydrogens is 362 g/mol. The molecule has 0 atom stereocenters. The Morgan fingerprint density at radius 1 is 1.00 bits per heavy atom. The number of piperidine rings is 1. The zero-order valence-electron chi connectivity index (χ0n) is 14.4. The Morgan fingerprint density at radius 3 is 2.28 bits per heavy atom. The van der Waals surface area contributed by atoms with Gasteiger partial charge in [-0.05, 0) is 37.3 Å². The summed E-state index contributed by atoms with van der Waals surface area (Å²) in [6.45, 7) is 3.21. The lowest BCUT2D eigenvalue weighted by molar-refractivity contribution is 0.301. The third-order valence-electron chi connectivity index (χ3n) is 4.96. The fraction of sp³-hybridized carbons (Fsp3) is 0.625. The largest absolute Gasteiger partial charge is 0.280 e. The summed E-state index contributed by atoms with van der Waals surface area (Å²) >= 11 is 0. The van der Waals surface area contributed by atoms with Crippen LogP contribution in [0.2, 0.25) is 0 Å². The lowest BCUT2D eigenvalue weighted by Gasteiger charge is -2.34. The summed E-state index contributed by atoms with van der Waals surface area (Å²) in [7, 11) is -6.77. The molecule has 140 valence electrons. The van der Waals surface area contributed by atoms with Crippen molar-refractivity contribution in [1.29, 1.82) is 0 Å². The molecule has 7 nitrogen and oxygen atoms in total. The first-order valence-corrected chi connectivity index (χ1v) is 11.7. The van der Waals surface area contributed by atoms with Gasteiger partial charge in [0.15, 0.2) is 0 Å². The van der Waals surface area contributed by atoms with Crippen LogP contribution in [-0.4, -0.2) is 56.9 Å². The maximum atomic E-state index is 12.7. The SMILES string of the molecule is CCS(=O)(=O)N1CCC(NS(=O)(=O)N2CCc3ccccc3C2)CC1. The van der Waals surface area contributed by atoms with Gasteiger partial charge in [-0.15, -0.1) is 0 Å². The summed E-state index contributed by atoms with van der Waals surface area (Å²) in [5.74, 6) is 0.0799. The smallest absolute Gasteiger partial charge is 0.212 e. The monoisotopic (exact) mass is 387 g/mol. The van der Waals surface area contributed by atoms with Gasteiger partial charge in [0.2, 0.25) is 10.0 Å². The molecule has 1 aromatic rings. The Labute approximate surface area is 150 Å². The van der Waals surface area contributed by atoms with Crippen molar-refractivity contribution in [2.45, 2.75) is 38.8 Å². The highest BCUT2D eigenvalue weighted by Gasteiger charge is 2.32. The van der Waals surface area contributed by atoms with Gasteiger partial charge in [-0.1, -0.05) is 24.3 Å². The molecule has 9 heteroatoms. The number of benzene rings is 1. The third kappa shape index (κ3) is 4.22. The predicted molar refractivity (Wildman–Crippen MR) is 96.7 cm³/mol. The summed E-state index contributed by atoms with van der Waals surface area (Å²) in [5.41, 5.74) is 2.25. The van der Waals surface area contributed by atoms with Crippen LogP contribution in [0.3, 0.4) is 0 Å². The van der Waals surface area contributed by atoms with Crippen molar-refractivity contribution in [2.24, 2.45) is 0 Å². The molecule has 1 saturated heterocycles. The highest BCUT2D eigenvalue weighted by atomic mass is 32.2. The quantitative estimate of drug-likeness (QED) is 0.805. The molecule has 0 spiro atoms. The fourth-order valence-electron chi connectivity index (χ4n) is 3.39. The molecule has 0 saturated carbocycles. The van der Waals surface area contributed by atoms with E-state index in [2.05, 4.69) is 4.72 Å². The van der Waals surface area contributed by atoms with E-state index in [-0.39, 0.29) is 11.8 Å². The van der Waals surface area contributed by atoms with Crippen LogP contribution in [0.4, 0.5) is 0 Å². The van der Waals surface area contributed by atoms with Crippen molar-refractivity contribution >= 4 is 20.2 Å². The summed E-state index contributed by atoms with van der Waals surface area (Å²) in [6.07, 6.45) is 1.72. The minimum atomic E-state index is -3.57. The molecule has 1 N–H and O–H groups in total. The Hall–Kier alpha value is -1.00. The molecule has 25 heavy (non-hydrogen) atoms. The normalized spacial score (nSPS) is 21.2. The maximum absolute atomic E-state index is 12.7. The number of hydrogen-bond donors (Lipinski definition) is 1. The van der Waals surface area contributed by atoms with Gasteiger partial charge in [-0.3, -0.25) is 0 Å². The summed E-state index contributed by atoms with van der Waals surface area (Å²) < 4.78 is 54.8. The molecular formula is C16H25N3O4S2. The van der Waals surface area contributed by atoms with Crippen molar-refractivity contribution in [2.75, 3.05) is 25.4 Å². The van der Waals surface area contributed by atoms with Gasteiger partial charge in [-0.25, -0.2) is 12.7 Å². The Balaban J connectivity index is 1.60. The zero-order chi connectivity index (χ0) is 18.1. The molecule has 3 rings (SSSR count). The summed E-state index contributed by atoms with van der Waals surface area (Å²) in [5, 5.41) is 0. The number of nitrogens with one attached hydrogen (secondary N) is 1. The first kappa shape index (κ1) is 18.8. The molecule has 0 aliphatic carbocycles. The minimum Gasteiger partial charge on any atom is -0.212 e. The first-order chi connectivity index (χ1) is 11.8. The molecule has 1 fully saturated rings. The molecule has 1 aromatic carbocycles. The standard InChI is InChI=1S/C16H25N3O4S2/c1-2-24(20,21)18-11-8-16(9-12-18)17-25(22,23)19-10-7-14-5-3-4-6-15(14)13-19/h3-6,16-17H,2,7-13H2,1H3. The summed E-state index contributed by atoms with van der Waals surface area (Å²) in [6, 6.07) is 7.68. The maximum Gasteiger partial charge on any atom is 0.280 e. The average Bonchev–Trinajstić information content (AvgIpc) is 2.61. The van der Waals surface area contributed by atoms with E-state index < -0.39 is 20.2 Å². The molecule has 0 bridgehead atoms. The van der Waals surface area contributed by atoms with Crippen molar-refractivity contribution < 1.29 is 16.8 Å². The van der Waals surface area contributed by atoms with Crippen LogP contribution in [0.25, 0.3) is 0 Å². The number of sulfonamides is 1. The van der Waals surface area contributed by atoms with Crippen molar-refractivity contribution in [3.63, 3.8) is 0 Å². The van der Waals surface area contributed by atoms with E-state index >= 15 is 0 Å². The van der Waals surface area contributed by atoms with E-state index in [0.717, 1.165) is 5.56 Å². The number of rotatable bonds is 5. The number of nitrogens with zero attached hydrogens (tertiary/aromatic N) is 2. The highest BCUT2D eigenvalue weighted by Crippen LogP contribution is 2.22. The van der Waals surface area contributed by atoms with Gasteiger partial charge < -0.3 is 0 Å². The minimum absolute atomic E-state index is 0.0799. The van der Waals surface area contributed by atoms with Crippen molar-refractivity contribution in [3.05, 3.63) is 35.4 Å². The van der Waals surface area contributed by atoms with Crippen molar-refractivity contribution in [1.82, 2.24) is 13.3 Å². The van der Waals surface area contributed by atoms with Crippen LogP contribution in [-0.2, 0) is 33.2 Å². The molecule has 2 heterocycles.